The highest BCUT2D eigenvalue weighted by Gasteiger charge is 3.09. The molecule has 2 heterocycles. The second kappa shape index (κ2) is 4.34. The standard InChI is InChI=1S/C20H32O8/c1-9(2)17(25)12(22)18(26)13(4)8-16(24)14(17,5)20(18,27)19(28-16)11(21)10(3)6-7-15(13,19)23/h9-12,21-27H,6-8H2,1-5H3/t10-,11+,12+,13-,14+,15-,16-,17+,18+,19+,20+/m0/s1. The van der Waals surface area contributed by atoms with Crippen LogP contribution in [-0.4, -0.2) is 81.7 Å². The third kappa shape index (κ3) is 1.13. The third-order valence-corrected chi connectivity index (χ3v) is 10.3. The van der Waals surface area contributed by atoms with E-state index in [-0.39, 0.29) is 12.8 Å². The van der Waals surface area contributed by atoms with Crippen LogP contribution in [0.15, 0.2) is 0 Å². The van der Waals surface area contributed by atoms with Crippen molar-refractivity contribution in [2.45, 2.75) is 99.9 Å². The molecule has 1 spiro atoms. The molecule has 2 aliphatic heterocycles. The number of rotatable bonds is 1. The molecule has 4 saturated carbocycles. The first kappa shape index (κ1) is 19.6. The van der Waals surface area contributed by atoms with Crippen molar-refractivity contribution in [1.82, 2.24) is 0 Å². The van der Waals surface area contributed by atoms with Crippen LogP contribution in [0.25, 0.3) is 0 Å². The zero-order chi connectivity index (χ0) is 21.1. The first-order valence-corrected chi connectivity index (χ1v) is 10.2. The van der Waals surface area contributed by atoms with Gasteiger partial charge < -0.3 is 40.5 Å². The molecule has 0 radical (unpaired) electrons. The summed E-state index contributed by atoms with van der Waals surface area (Å²) in [7, 11) is 0. The maximum absolute atomic E-state index is 12.3. The lowest BCUT2D eigenvalue weighted by Gasteiger charge is -2.60. The number of hydrogen-bond donors (Lipinski definition) is 7. The summed E-state index contributed by atoms with van der Waals surface area (Å²) in [6.07, 6.45) is -3.04. The van der Waals surface area contributed by atoms with Gasteiger partial charge in [0, 0.05) is 11.8 Å². The van der Waals surface area contributed by atoms with Crippen LogP contribution >= 0.6 is 0 Å². The Morgan fingerprint density at radius 2 is 1.57 bits per heavy atom. The Hall–Kier alpha value is -0.320. The van der Waals surface area contributed by atoms with Gasteiger partial charge >= 0.3 is 0 Å². The average Bonchev–Trinajstić information content (AvgIpc) is 2.84. The van der Waals surface area contributed by atoms with Gasteiger partial charge in [0.05, 0.1) is 11.5 Å². The lowest BCUT2D eigenvalue weighted by molar-refractivity contribution is -0.390. The summed E-state index contributed by atoms with van der Waals surface area (Å²) in [5.74, 6) is -3.24. The van der Waals surface area contributed by atoms with Crippen molar-refractivity contribution in [3.63, 3.8) is 0 Å². The molecule has 160 valence electrons. The van der Waals surface area contributed by atoms with Crippen LogP contribution in [0.5, 0.6) is 0 Å². The predicted octanol–water partition coefficient (Wildman–Crippen LogP) is -1.38. The van der Waals surface area contributed by atoms with Crippen LogP contribution < -0.4 is 0 Å². The molecule has 0 amide bonds. The fourth-order valence-electron chi connectivity index (χ4n) is 8.80. The lowest BCUT2D eigenvalue weighted by atomic mass is 9.52. The minimum atomic E-state index is -2.49. The quantitative estimate of drug-likeness (QED) is 0.285. The van der Waals surface area contributed by atoms with Gasteiger partial charge in [0.25, 0.3) is 0 Å². The van der Waals surface area contributed by atoms with Gasteiger partial charge in [-0.05, 0) is 31.6 Å². The zero-order valence-corrected chi connectivity index (χ0v) is 17.0. The van der Waals surface area contributed by atoms with Crippen LogP contribution in [0.3, 0.4) is 0 Å². The Morgan fingerprint density at radius 1 is 1.00 bits per heavy atom. The SMILES string of the molecule is CC(C)[C@@]1(O)[C@@H](O)[C@@]2(O)[C@@]3(C)C[C@]4(O)O[C@@]5([C@H](O)[C@@H](C)CC[C@]35O)[C@@]2(O)[C@@]14C. The second-order valence-corrected chi connectivity index (χ2v) is 10.9. The van der Waals surface area contributed by atoms with Crippen molar-refractivity contribution in [3.8, 4) is 0 Å². The van der Waals surface area contributed by atoms with Crippen molar-refractivity contribution >= 4 is 0 Å². The van der Waals surface area contributed by atoms with E-state index in [2.05, 4.69) is 0 Å². The first-order valence-electron chi connectivity index (χ1n) is 10.2. The van der Waals surface area contributed by atoms with Crippen LogP contribution in [0.1, 0.15) is 53.9 Å². The lowest BCUT2D eigenvalue weighted by Crippen LogP contribution is -2.75. The summed E-state index contributed by atoms with van der Waals surface area (Å²) < 4.78 is 6.05. The van der Waals surface area contributed by atoms with Gasteiger partial charge in [0.1, 0.15) is 28.5 Å². The van der Waals surface area contributed by atoms with E-state index in [1.807, 2.05) is 0 Å². The highest BCUT2D eigenvalue weighted by molar-refractivity contribution is 5.56. The summed E-state index contributed by atoms with van der Waals surface area (Å²) in [6, 6.07) is 0. The van der Waals surface area contributed by atoms with Crippen LogP contribution in [0.4, 0.5) is 0 Å². The third-order valence-electron chi connectivity index (χ3n) is 10.3. The summed E-state index contributed by atoms with van der Waals surface area (Å²) in [4.78, 5) is 0. The van der Waals surface area contributed by atoms with Crippen LogP contribution in [-0.2, 0) is 4.74 Å². The number of aliphatic hydroxyl groups is 7. The highest BCUT2D eigenvalue weighted by Crippen LogP contribution is 2.90. The smallest absolute Gasteiger partial charge is 0.178 e. The van der Waals surface area contributed by atoms with Crippen molar-refractivity contribution in [2.24, 2.45) is 22.7 Å². The zero-order valence-electron chi connectivity index (χ0n) is 17.0. The summed E-state index contributed by atoms with van der Waals surface area (Å²) in [5, 5.41) is 82.3. The molecule has 6 rings (SSSR count). The monoisotopic (exact) mass is 400 g/mol. The van der Waals surface area contributed by atoms with Crippen molar-refractivity contribution in [3.05, 3.63) is 0 Å². The molecule has 8 nitrogen and oxygen atoms in total. The molecule has 4 aliphatic carbocycles. The predicted molar refractivity (Wildman–Crippen MR) is 94.6 cm³/mol. The van der Waals surface area contributed by atoms with Crippen LogP contribution in [0, 0.1) is 22.7 Å². The summed E-state index contributed by atoms with van der Waals surface area (Å²) in [6.45, 7) is 7.90. The second-order valence-electron chi connectivity index (χ2n) is 10.9. The number of ether oxygens (including phenoxy) is 1. The maximum atomic E-state index is 12.3. The molecule has 7 N–H and O–H groups in total. The van der Waals surface area contributed by atoms with Crippen molar-refractivity contribution < 1.29 is 40.5 Å². The Labute approximate surface area is 163 Å². The van der Waals surface area contributed by atoms with Gasteiger partial charge in [-0.25, -0.2) is 0 Å². The Kier molecular flexibility index (Phi) is 3.04. The molecular formula is C20H32O8. The molecule has 0 aromatic rings. The number of aliphatic hydroxyl groups excluding tert-OH is 2. The molecule has 0 unspecified atom stereocenters. The van der Waals surface area contributed by atoms with E-state index in [1.165, 1.54) is 13.8 Å². The maximum Gasteiger partial charge on any atom is 0.178 e. The first-order chi connectivity index (χ1) is 12.6. The molecule has 0 aromatic heterocycles. The highest BCUT2D eigenvalue weighted by atomic mass is 16.7. The Balaban J connectivity index is 1.97. The van der Waals surface area contributed by atoms with E-state index in [9.17, 15) is 35.7 Å². The molecule has 0 aromatic carbocycles. The minimum Gasteiger partial charge on any atom is -0.390 e. The van der Waals surface area contributed by atoms with Crippen molar-refractivity contribution in [2.75, 3.05) is 0 Å². The largest absolute Gasteiger partial charge is 0.390 e. The average molecular weight is 400 g/mol. The number of hydrogen-bond acceptors (Lipinski definition) is 8. The van der Waals surface area contributed by atoms with Gasteiger partial charge in [0.15, 0.2) is 11.4 Å². The van der Waals surface area contributed by atoms with E-state index in [1.54, 1.807) is 20.8 Å². The van der Waals surface area contributed by atoms with Gasteiger partial charge in [0.2, 0.25) is 0 Å². The van der Waals surface area contributed by atoms with Gasteiger partial charge in [-0.3, -0.25) is 0 Å². The van der Waals surface area contributed by atoms with E-state index in [4.69, 9.17) is 4.74 Å². The fraction of sp³-hybridized carbons (Fsp3) is 1.00. The molecule has 28 heavy (non-hydrogen) atoms. The summed E-state index contributed by atoms with van der Waals surface area (Å²) in [5.41, 5.74) is -14.7. The van der Waals surface area contributed by atoms with E-state index in [0.29, 0.717) is 6.42 Å². The molecule has 8 heteroatoms. The van der Waals surface area contributed by atoms with Gasteiger partial charge in [-0.15, -0.1) is 0 Å². The topological polar surface area (TPSA) is 151 Å². The molecular weight excluding hydrogens is 368 g/mol. The van der Waals surface area contributed by atoms with Gasteiger partial charge in [-0.2, -0.15) is 0 Å². The van der Waals surface area contributed by atoms with E-state index >= 15 is 0 Å². The van der Waals surface area contributed by atoms with Crippen LogP contribution in [0.2, 0.25) is 0 Å². The van der Waals surface area contributed by atoms with Crippen molar-refractivity contribution in [1.29, 1.82) is 0 Å². The molecule has 6 fully saturated rings. The molecule has 6 aliphatic rings. The Morgan fingerprint density at radius 3 is 2.11 bits per heavy atom. The van der Waals surface area contributed by atoms with E-state index in [0.717, 1.165) is 0 Å². The summed E-state index contributed by atoms with van der Waals surface area (Å²) >= 11 is 0. The van der Waals surface area contributed by atoms with Gasteiger partial charge in [-0.1, -0.05) is 27.7 Å². The van der Waals surface area contributed by atoms with E-state index < -0.39 is 68.7 Å². The molecule has 2 saturated heterocycles. The molecule has 6 bridgehead atoms. The molecule has 11 atom stereocenters. The normalized spacial score (nSPS) is 72.1. The minimum absolute atomic E-state index is 0.116. The fourth-order valence-corrected chi connectivity index (χ4v) is 8.80. The Bertz CT molecular complexity index is 790.